The minimum absolute atomic E-state index is 0.112. The molecule has 3 N–H and O–H groups in total. The first-order chi connectivity index (χ1) is 6.25. The highest BCUT2D eigenvalue weighted by molar-refractivity contribution is 5.78. The summed E-state index contributed by atoms with van der Waals surface area (Å²) in [6.45, 7) is 3.97. The van der Waals surface area contributed by atoms with E-state index in [4.69, 9.17) is 5.73 Å². The van der Waals surface area contributed by atoms with Gasteiger partial charge in [0.2, 0.25) is 5.91 Å². The average Bonchev–Trinajstić information content (AvgIpc) is 2.46. The van der Waals surface area contributed by atoms with Gasteiger partial charge in [0.05, 0.1) is 5.92 Å². The molecule has 1 amide bonds. The number of nitrogens with zero attached hydrogens (tertiary/aromatic N) is 1. The highest BCUT2D eigenvalue weighted by atomic mass is 16.1. The van der Waals surface area contributed by atoms with Crippen LogP contribution in [0.15, 0.2) is 0 Å². The molecule has 0 aromatic heterocycles. The van der Waals surface area contributed by atoms with Gasteiger partial charge in [0.25, 0.3) is 0 Å². The van der Waals surface area contributed by atoms with Crippen LogP contribution in [0.3, 0.4) is 0 Å². The summed E-state index contributed by atoms with van der Waals surface area (Å²) in [5.74, 6) is -0.0305. The lowest BCUT2D eigenvalue weighted by atomic mass is 9.98. The number of hydrogen-bond donors (Lipinski definition) is 2. The van der Waals surface area contributed by atoms with Crippen LogP contribution in [0.1, 0.15) is 12.8 Å². The second kappa shape index (κ2) is 3.64. The standard InChI is InChI=1S/C9H17N3O/c10-9(13)7-4-12(5-7)6-8-2-1-3-11-8/h7-8,11H,1-6H2,(H2,10,13)/t8-/m1/s1. The third-order valence-corrected chi connectivity index (χ3v) is 3.00. The van der Waals surface area contributed by atoms with E-state index in [1.165, 1.54) is 12.8 Å². The number of nitrogens with one attached hydrogen (secondary N) is 1. The zero-order valence-corrected chi connectivity index (χ0v) is 7.83. The number of rotatable bonds is 3. The topological polar surface area (TPSA) is 58.4 Å². The van der Waals surface area contributed by atoms with Crippen LogP contribution in [0.5, 0.6) is 0 Å². The molecule has 4 heteroatoms. The number of amides is 1. The number of carbonyl (C=O) groups is 1. The second-order valence-corrected chi connectivity index (χ2v) is 4.11. The van der Waals surface area contributed by atoms with Crippen molar-refractivity contribution in [1.82, 2.24) is 10.2 Å². The van der Waals surface area contributed by atoms with Gasteiger partial charge in [-0.3, -0.25) is 4.79 Å². The van der Waals surface area contributed by atoms with E-state index in [9.17, 15) is 4.79 Å². The van der Waals surface area contributed by atoms with Crippen molar-refractivity contribution in [2.45, 2.75) is 18.9 Å². The molecule has 0 aromatic carbocycles. The van der Waals surface area contributed by atoms with Gasteiger partial charge in [0.15, 0.2) is 0 Å². The molecule has 0 spiro atoms. The van der Waals surface area contributed by atoms with Crippen LogP contribution < -0.4 is 11.1 Å². The summed E-state index contributed by atoms with van der Waals surface area (Å²) in [7, 11) is 0. The molecule has 13 heavy (non-hydrogen) atoms. The van der Waals surface area contributed by atoms with Gasteiger partial charge in [-0.2, -0.15) is 0 Å². The fourth-order valence-corrected chi connectivity index (χ4v) is 2.12. The third kappa shape index (κ3) is 2.00. The molecule has 4 nitrogen and oxygen atoms in total. The molecule has 0 aliphatic carbocycles. The van der Waals surface area contributed by atoms with Crippen molar-refractivity contribution >= 4 is 5.91 Å². The van der Waals surface area contributed by atoms with Gasteiger partial charge >= 0.3 is 0 Å². The Kier molecular flexibility index (Phi) is 2.51. The summed E-state index contributed by atoms with van der Waals surface area (Å²) in [6, 6.07) is 0.647. The van der Waals surface area contributed by atoms with E-state index in [-0.39, 0.29) is 11.8 Å². The van der Waals surface area contributed by atoms with Crippen molar-refractivity contribution in [3.8, 4) is 0 Å². The fraction of sp³-hybridized carbons (Fsp3) is 0.889. The summed E-state index contributed by atoms with van der Waals surface area (Å²) >= 11 is 0. The molecule has 74 valence electrons. The highest BCUT2D eigenvalue weighted by Gasteiger charge is 2.32. The molecule has 0 bridgehead atoms. The van der Waals surface area contributed by atoms with Crippen LogP contribution in [-0.4, -0.2) is 43.0 Å². The summed E-state index contributed by atoms with van der Waals surface area (Å²) in [6.07, 6.45) is 2.56. The maximum Gasteiger partial charge on any atom is 0.223 e. The lowest BCUT2D eigenvalue weighted by molar-refractivity contribution is -0.126. The summed E-state index contributed by atoms with van der Waals surface area (Å²) in [4.78, 5) is 13.0. The van der Waals surface area contributed by atoms with Gasteiger partial charge in [0, 0.05) is 25.7 Å². The predicted molar refractivity (Wildman–Crippen MR) is 50.1 cm³/mol. The number of primary amides is 1. The highest BCUT2D eigenvalue weighted by Crippen LogP contribution is 2.17. The fourth-order valence-electron chi connectivity index (χ4n) is 2.12. The quantitative estimate of drug-likeness (QED) is 0.599. The Bertz CT molecular complexity index is 195. The minimum atomic E-state index is -0.143. The van der Waals surface area contributed by atoms with Gasteiger partial charge in [-0.25, -0.2) is 0 Å². The largest absolute Gasteiger partial charge is 0.369 e. The van der Waals surface area contributed by atoms with Gasteiger partial charge in [-0.1, -0.05) is 0 Å². The molecule has 2 heterocycles. The van der Waals surface area contributed by atoms with Crippen LogP contribution in [0.2, 0.25) is 0 Å². The van der Waals surface area contributed by atoms with E-state index in [1.807, 2.05) is 0 Å². The van der Waals surface area contributed by atoms with Gasteiger partial charge in [-0.05, 0) is 19.4 Å². The molecule has 2 aliphatic heterocycles. The Balaban J connectivity index is 1.66. The van der Waals surface area contributed by atoms with E-state index in [1.54, 1.807) is 0 Å². The molecular formula is C9H17N3O. The molecule has 0 unspecified atom stereocenters. The zero-order chi connectivity index (χ0) is 9.26. The second-order valence-electron chi connectivity index (χ2n) is 4.11. The van der Waals surface area contributed by atoms with E-state index in [2.05, 4.69) is 10.2 Å². The molecule has 0 radical (unpaired) electrons. The number of carbonyl (C=O) groups excluding carboxylic acids is 1. The van der Waals surface area contributed by atoms with E-state index >= 15 is 0 Å². The maximum atomic E-state index is 10.7. The lowest BCUT2D eigenvalue weighted by Gasteiger charge is -2.38. The summed E-state index contributed by atoms with van der Waals surface area (Å²) < 4.78 is 0. The summed E-state index contributed by atoms with van der Waals surface area (Å²) in [5, 5.41) is 3.44. The molecule has 0 saturated carbocycles. The molecule has 2 aliphatic rings. The monoisotopic (exact) mass is 183 g/mol. The first-order valence-electron chi connectivity index (χ1n) is 5.01. The normalized spacial score (nSPS) is 30.3. The van der Waals surface area contributed by atoms with Crippen molar-refractivity contribution in [2.24, 2.45) is 11.7 Å². The van der Waals surface area contributed by atoms with Crippen molar-refractivity contribution in [2.75, 3.05) is 26.2 Å². The Morgan fingerprint density at radius 2 is 2.31 bits per heavy atom. The zero-order valence-electron chi connectivity index (χ0n) is 7.83. The SMILES string of the molecule is NC(=O)C1CN(C[C@H]2CCCN2)C1. The van der Waals surface area contributed by atoms with Crippen LogP contribution in [-0.2, 0) is 4.79 Å². The van der Waals surface area contributed by atoms with Crippen LogP contribution >= 0.6 is 0 Å². The van der Waals surface area contributed by atoms with Crippen molar-refractivity contribution in [3.63, 3.8) is 0 Å². The Labute approximate surface area is 78.5 Å². The van der Waals surface area contributed by atoms with Crippen LogP contribution in [0, 0.1) is 5.92 Å². The first-order valence-corrected chi connectivity index (χ1v) is 5.01. The van der Waals surface area contributed by atoms with Crippen LogP contribution in [0.25, 0.3) is 0 Å². The lowest BCUT2D eigenvalue weighted by Crippen LogP contribution is -2.55. The van der Waals surface area contributed by atoms with Gasteiger partial charge < -0.3 is 16.0 Å². The number of hydrogen-bond acceptors (Lipinski definition) is 3. The average molecular weight is 183 g/mol. The molecule has 1 atom stereocenters. The smallest absolute Gasteiger partial charge is 0.223 e. The molecular weight excluding hydrogens is 166 g/mol. The Hall–Kier alpha value is -0.610. The number of nitrogens with two attached hydrogens (primary N) is 1. The molecule has 2 fully saturated rings. The van der Waals surface area contributed by atoms with E-state index < -0.39 is 0 Å². The van der Waals surface area contributed by atoms with Crippen molar-refractivity contribution in [3.05, 3.63) is 0 Å². The van der Waals surface area contributed by atoms with Crippen molar-refractivity contribution < 1.29 is 4.79 Å². The van der Waals surface area contributed by atoms with Crippen LogP contribution in [0.4, 0.5) is 0 Å². The van der Waals surface area contributed by atoms with Gasteiger partial charge in [-0.15, -0.1) is 0 Å². The molecule has 2 saturated heterocycles. The minimum Gasteiger partial charge on any atom is -0.369 e. The van der Waals surface area contributed by atoms with Crippen molar-refractivity contribution in [1.29, 1.82) is 0 Å². The Morgan fingerprint density at radius 3 is 2.85 bits per heavy atom. The Morgan fingerprint density at radius 1 is 1.54 bits per heavy atom. The van der Waals surface area contributed by atoms with E-state index in [0.717, 1.165) is 26.2 Å². The maximum absolute atomic E-state index is 10.7. The number of likely N-dealkylation sites (tertiary alicyclic amines) is 1. The predicted octanol–water partition coefficient (Wildman–Crippen LogP) is -0.844. The molecule has 2 rings (SSSR count). The van der Waals surface area contributed by atoms with Gasteiger partial charge in [0.1, 0.15) is 0 Å². The first kappa shape index (κ1) is 8.97. The van der Waals surface area contributed by atoms with E-state index in [0.29, 0.717) is 6.04 Å². The molecule has 0 aromatic rings. The summed E-state index contributed by atoms with van der Waals surface area (Å²) in [5.41, 5.74) is 5.19. The third-order valence-electron chi connectivity index (χ3n) is 3.00.